The molecule has 1 rings (SSSR count). The smallest absolute Gasteiger partial charge is 0.326 e. The Morgan fingerprint density at radius 3 is 2.76 bits per heavy atom. The summed E-state index contributed by atoms with van der Waals surface area (Å²) >= 11 is 0. The van der Waals surface area contributed by atoms with Crippen LogP contribution in [0.3, 0.4) is 0 Å². The first-order valence-corrected chi connectivity index (χ1v) is 5.59. The number of benzene rings is 1. The summed E-state index contributed by atoms with van der Waals surface area (Å²) in [6.45, 7) is 4.24. The van der Waals surface area contributed by atoms with Crippen LogP contribution < -0.4 is 5.32 Å². The van der Waals surface area contributed by atoms with Crippen LogP contribution >= 0.6 is 0 Å². The molecule has 4 nitrogen and oxygen atoms in total. The number of methoxy groups -OCH3 is 1. The van der Waals surface area contributed by atoms with Crippen molar-refractivity contribution in [1.29, 1.82) is 0 Å². The average Bonchev–Trinajstić information content (AvgIpc) is 2.26. The summed E-state index contributed by atoms with van der Waals surface area (Å²) in [4.78, 5) is 11.2. The lowest BCUT2D eigenvalue weighted by molar-refractivity contribution is -0.139. The summed E-state index contributed by atoms with van der Waals surface area (Å²) in [6, 6.07) is 7.02. The van der Waals surface area contributed by atoms with Gasteiger partial charge >= 0.3 is 5.97 Å². The Labute approximate surface area is 102 Å². The molecule has 4 heteroatoms. The van der Waals surface area contributed by atoms with Crippen molar-refractivity contribution >= 4 is 11.7 Å². The van der Waals surface area contributed by atoms with Crippen LogP contribution in [0.2, 0.25) is 0 Å². The van der Waals surface area contributed by atoms with Gasteiger partial charge in [0, 0.05) is 18.7 Å². The molecule has 0 aliphatic heterocycles. The van der Waals surface area contributed by atoms with Gasteiger partial charge in [-0.15, -0.1) is 0 Å². The van der Waals surface area contributed by atoms with E-state index in [2.05, 4.69) is 5.32 Å². The maximum atomic E-state index is 11.2. The summed E-state index contributed by atoms with van der Waals surface area (Å²) < 4.78 is 4.99. The molecule has 94 valence electrons. The standard InChI is InChI=1S/C13H19NO3/c1-9-5-4-6-11(7-9)14-12(13(15)16)10(2)8-17-3/h4-7,10,12,14H,8H2,1-3H3,(H,15,16). The van der Waals surface area contributed by atoms with Gasteiger partial charge in [-0.25, -0.2) is 4.79 Å². The largest absolute Gasteiger partial charge is 0.480 e. The normalized spacial score (nSPS) is 14.1. The molecule has 0 spiro atoms. The Bertz CT molecular complexity index is 379. The second-order valence-corrected chi connectivity index (χ2v) is 4.26. The molecule has 0 aromatic heterocycles. The molecule has 1 aromatic rings. The van der Waals surface area contributed by atoms with Crippen LogP contribution in [0.25, 0.3) is 0 Å². The number of carbonyl (C=O) groups is 1. The van der Waals surface area contributed by atoms with Gasteiger partial charge in [-0.2, -0.15) is 0 Å². The summed E-state index contributed by atoms with van der Waals surface area (Å²) in [7, 11) is 1.57. The maximum absolute atomic E-state index is 11.2. The molecule has 0 saturated carbocycles. The SMILES string of the molecule is COCC(C)C(Nc1cccc(C)c1)C(=O)O. The maximum Gasteiger partial charge on any atom is 0.326 e. The van der Waals surface area contributed by atoms with Crippen molar-refractivity contribution < 1.29 is 14.6 Å². The lowest BCUT2D eigenvalue weighted by Gasteiger charge is -2.22. The average molecular weight is 237 g/mol. The number of nitrogens with one attached hydrogen (secondary N) is 1. The van der Waals surface area contributed by atoms with Crippen molar-refractivity contribution in [1.82, 2.24) is 0 Å². The number of hydrogen-bond acceptors (Lipinski definition) is 3. The molecule has 2 atom stereocenters. The number of aryl methyl sites for hydroxylation is 1. The first-order valence-electron chi connectivity index (χ1n) is 5.59. The highest BCUT2D eigenvalue weighted by Gasteiger charge is 2.24. The molecule has 1 aromatic carbocycles. The van der Waals surface area contributed by atoms with Gasteiger partial charge in [-0.1, -0.05) is 19.1 Å². The zero-order valence-corrected chi connectivity index (χ0v) is 10.4. The summed E-state index contributed by atoms with van der Waals surface area (Å²) in [5, 5.41) is 12.2. The van der Waals surface area contributed by atoms with Crippen LogP contribution in [-0.4, -0.2) is 30.8 Å². The van der Waals surface area contributed by atoms with E-state index in [1.165, 1.54) is 0 Å². The van der Waals surface area contributed by atoms with Crippen molar-refractivity contribution in [2.45, 2.75) is 19.9 Å². The summed E-state index contributed by atoms with van der Waals surface area (Å²) in [6.07, 6.45) is 0. The van der Waals surface area contributed by atoms with Gasteiger partial charge < -0.3 is 15.2 Å². The number of carboxylic acid groups (broad SMARTS) is 1. The molecule has 0 saturated heterocycles. The molecule has 0 heterocycles. The quantitative estimate of drug-likeness (QED) is 0.796. The predicted molar refractivity (Wildman–Crippen MR) is 67.3 cm³/mol. The third kappa shape index (κ3) is 4.07. The van der Waals surface area contributed by atoms with E-state index in [0.29, 0.717) is 6.61 Å². The van der Waals surface area contributed by atoms with E-state index in [9.17, 15) is 9.90 Å². The Kier molecular flexibility index (Phi) is 4.97. The van der Waals surface area contributed by atoms with Gasteiger partial charge in [0.15, 0.2) is 0 Å². The number of anilines is 1. The molecule has 2 unspecified atom stereocenters. The van der Waals surface area contributed by atoms with Crippen molar-refractivity contribution in [3.05, 3.63) is 29.8 Å². The zero-order valence-electron chi connectivity index (χ0n) is 10.4. The van der Waals surface area contributed by atoms with Crippen molar-refractivity contribution in [2.75, 3.05) is 19.0 Å². The molecule has 2 N–H and O–H groups in total. The minimum Gasteiger partial charge on any atom is -0.480 e. The minimum atomic E-state index is -0.865. The first-order chi connectivity index (χ1) is 8.04. The number of carboxylic acids is 1. The van der Waals surface area contributed by atoms with Crippen LogP contribution in [0, 0.1) is 12.8 Å². The molecule has 0 bridgehead atoms. The van der Waals surface area contributed by atoms with E-state index < -0.39 is 12.0 Å². The molecule has 0 aliphatic carbocycles. The van der Waals surface area contributed by atoms with E-state index in [4.69, 9.17) is 4.74 Å². The monoisotopic (exact) mass is 237 g/mol. The Balaban J connectivity index is 2.76. The summed E-state index contributed by atoms with van der Waals surface area (Å²) in [5.74, 6) is -0.964. The summed E-state index contributed by atoms with van der Waals surface area (Å²) in [5.41, 5.74) is 1.92. The molecule has 0 radical (unpaired) electrons. The molecular weight excluding hydrogens is 218 g/mol. The second kappa shape index (κ2) is 6.25. The third-order valence-electron chi connectivity index (χ3n) is 2.60. The fourth-order valence-corrected chi connectivity index (χ4v) is 1.72. The molecular formula is C13H19NO3. The van der Waals surface area contributed by atoms with Gasteiger partial charge in [0.1, 0.15) is 6.04 Å². The highest BCUT2D eigenvalue weighted by atomic mass is 16.5. The fraction of sp³-hybridized carbons (Fsp3) is 0.462. The molecule has 0 amide bonds. The minimum absolute atomic E-state index is 0.0991. The van der Waals surface area contributed by atoms with Crippen molar-refractivity contribution in [3.8, 4) is 0 Å². The van der Waals surface area contributed by atoms with E-state index in [1.807, 2.05) is 38.1 Å². The van der Waals surface area contributed by atoms with Crippen LogP contribution in [0.1, 0.15) is 12.5 Å². The van der Waals surface area contributed by atoms with Crippen molar-refractivity contribution in [3.63, 3.8) is 0 Å². The van der Waals surface area contributed by atoms with E-state index in [-0.39, 0.29) is 5.92 Å². The first kappa shape index (κ1) is 13.5. The van der Waals surface area contributed by atoms with Gasteiger partial charge in [0.25, 0.3) is 0 Å². The topological polar surface area (TPSA) is 58.6 Å². The van der Waals surface area contributed by atoms with E-state index in [0.717, 1.165) is 11.3 Å². The number of ether oxygens (including phenoxy) is 1. The van der Waals surface area contributed by atoms with Crippen LogP contribution in [0.15, 0.2) is 24.3 Å². The number of hydrogen-bond donors (Lipinski definition) is 2. The Morgan fingerprint density at radius 2 is 2.24 bits per heavy atom. The number of aliphatic carboxylic acids is 1. The molecule has 0 aliphatic rings. The van der Waals surface area contributed by atoms with Crippen molar-refractivity contribution in [2.24, 2.45) is 5.92 Å². The van der Waals surface area contributed by atoms with Gasteiger partial charge in [0.2, 0.25) is 0 Å². The highest BCUT2D eigenvalue weighted by Crippen LogP contribution is 2.15. The molecule has 0 fully saturated rings. The second-order valence-electron chi connectivity index (χ2n) is 4.26. The zero-order chi connectivity index (χ0) is 12.8. The van der Waals surface area contributed by atoms with E-state index in [1.54, 1.807) is 7.11 Å². The van der Waals surface area contributed by atoms with Gasteiger partial charge in [-0.05, 0) is 24.6 Å². The lowest BCUT2D eigenvalue weighted by Crippen LogP contribution is -2.37. The third-order valence-corrected chi connectivity index (χ3v) is 2.60. The molecule has 17 heavy (non-hydrogen) atoms. The lowest BCUT2D eigenvalue weighted by atomic mass is 10.0. The fourth-order valence-electron chi connectivity index (χ4n) is 1.72. The predicted octanol–water partition coefficient (Wildman–Crippen LogP) is 2.14. The Morgan fingerprint density at radius 1 is 1.53 bits per heavy atom. The van der Waals surface area contributed by atoms with Crippen LogP contribution in [-0.2, 0) is 9.53 Å². The van der Waals surface area contributed by atoms with Gasteiger partial charge in [-0.3, -0.25) is 0 Å². The highest BCUT2D eigenvalue weighted by molar-refractivity contribution is 5.77. The number of rotatable bonds is 6. The van der Waals surface area contributed by atoms with Gasteiger partial charge in [0.05, 0.1) is 6.61 Å². The van der Waals surface area contributed by atoms with E-state index >= 15 is 0 Å². The Hall–Kier alpha value is -1.55. The van der Waals surface area contributed by atoms with Crippen LogP contribution in [0.5, 0.6) is 0 Å². The van der Waals surface area contributed by atoms with Crippen LogP contribution in [0.4, 0.5) is 5.69 Å².